The van der Waals surface area contributed by atoms with E-state index < -0.39 is 46.9 Å². The second-order valence-corrected chi connectivity index (χ2v) is 7.21. The Balaban J connectivity index is 0.000000516. The van der Waals surface area contributed by atoms with Crippen LogP contribution in [0.2, 0.25) is 0 Å². The number of benzene rings is 4. The number of carboxylic acid groups (broad SMARTS) is 4. The van der Waals surface area contributed by atoms with Crippen molar-refractivity contribution in [3.63, 3.8) is 0 Å². The van der Waals surface area contributed by atoms with Gasteiger partial charge < -0.3 is 40.9 Å². The van der Waals surface area contributed by atoms with Crippen LogP contribution in [-0.2, 0) is 26.2 Å². The predicted molar refractivity (Wildman–Crippen MR) is 131 cm³/mol. The maximum atomic E-state index is 10.7. The van der Waals surface area contributed by atoms with Gasteiger partial charge in [-0.25, -0.2) is 19.2 Å². The molecule has 0 atom stereocenters. The van der Waals surface area contributed by atoms with Crippen LogP contribution in [0.4, 0.5) is 0 Å². The number of rotatable bonds is 4. The summed E-state index contributed by atoms with van der Waals surface area (Å²) in [6.07, 6.45) is 0. The van der Waals surface area contributed by atoms with Crippen molar-refractivity contribution in [3.05, 3.63) is 119 Å². The maximum Gasteiger partial charge on any atom is 4.00 e. The summed E-state index contributed by atoms with van der Waals surface area (Å²) >= 11 is 0. The first kappa shape index (κ1) is 35.8. The molecule has 208 valence electrons. The van der Waals surface area contributed by atoms with E-state index in [-0.39, 0.29) is 48.5 Å². The predicted octanol–water partition coefficient (Wildman–Crippen LogP) is 1.83. The number of hydrogen-bond donors (Lipinski definition) is 4. The molecule has 0 heterocycles. The molecule has 0 fully saturated rings. The minimum Gasteiger partial charge on any atom is -0.872 e. The summed E-state index contributed by atoms with van der Waals surface area (Å²) in [5.74, 6) is -6.50. The number of carboxylic acids is 4. The molecule has 4 N–H and O–H groups in total. The van der Waals surface area contributed by atoms with E-state index in [9.17, 15) is 39.6 Å². The number of aromatic carboxylic acids is 4. The molecule has 13 heteroatoms. The molecule has 0 bridgehead atoms. The van der Waals surface area contributed by atoms with Crippen LogP contribution in [-0.4, -0.2) is 44.3 Å². The van der Waals surface area contributed by atoms with Gasteiger partial charge in [0.1, 0.15) is 0 Å². The van der Waals surface area contributed by atoms with Crippen molar-refractivity contribution in [1.82, 2.24) is 0 Å². The molecular weight excluding hydrogens is 620 g/mol. The molecule has 41 heavy (non-hydrogen) atoms. The van der Waals surface area contributed by atoms with Crippen molar-refractivity contribution >= 4 is 23.9 Å². The second-order valence-electron chi connectivity index (χ2n) is 7.21. The molecule has 0 spiro atoms. The van der Waals surface area contributed by atoms with Crippen molar-refractivity contribution < 1.29 is 86.2 Å². The van der Waals surface area contributed by atoms with E-state index in [1.54, 1.807) is 0 Å². The average Bonchev–Trinajstić information content (AvgIpc) is 2.90. The van der Waals surface area contributed by atoms with E-state index in [0.29, 0.717) is 0 Å². The van der Waals surface area contributed by atoms with Crippen LogP contribution in [0.25, 0.3) is 0 Å². The monoisotopic (exact) mass is 638 g/mol. The van der Waals surface area contributed by atoms with E-state index in [4.69, 9.17) is 20.4 Å². The number of hydrogen-bond acceptors (Lipinski definition) is 8. The van der Waals surface area contributed by atoms with Crippen molar-refractivity contribution in [3.8, 4) is 23.0 Å². The van der Waals surface area contributed by atoms with Gasteiger partial charge in [-0.15, -0.1) is 0 Å². The molecule has 0 aliphatic carbocycles. The fourth-order valence-electron chi connectivity index (χ4n) is 2.57. The minimum atomic E-state index is -1.18. The van der Waals surface area contributed by atoms with Crippen LogP contribution in [0.5, 0.6) is 23.0 Å². The normalized spacial score (nSPS) is 8.98. The quantitative estimate of drug-likeness (QED) is 0.250. The van der Waals surface area contributed by atoms with Crippen LogP contribution < -0.4 is 20.4 Å². The summed E-state index contributed by atoms with van der Waals surface area (Å²) in [5, 5.41) is 76.2. The van der Waals surface area contributed by atoms with Crippen molar-refractivity contribution in [1.29, 1.82) is 0 Å². The van der Waals surface area contributed by atoms with Gasteiger partial charge in [0, 0.05) is 0 Å². The summed E-state index contributed by atoms with van der Waals surface area (Å²) < 4.78 is 0. The van der Waals surface area contributed by atoms with E-state index in [0.717, 1.165) is 0 Å². The molecule has 4 rings (SSSR count). The first-order chi connectivity index (χ1) is 18.9. The Hall–Kier alpha value is -5.16. The van der Waals surface area contributed by atoms with Crippen molar-refractivity contribution in [2.75, 3.05) is 0 Å². The van der Waals surface area contributed by atoms with Gasteiger partial charge in [-0.2, -0.15) is 0 Å². The molecule has 12 nitrogen and oxygen atoms in total. The van der Waals surface area contributed by atoms with Crippen molar-refractivity contribution in [2.24, 2.45) is 0 Å². The molecule has 0 radical (unpaired) electrons. The molecule has 0 aliphatic heterocycles. The van der Waals surface area contributed by atoms with E-state index in [2.05, 4.69) is 0 Å². The first-order valence-corrected chi connectivity index (χ1v) is 10.8. The molecule has 0 unspecified atom stereocenters. The van der Waals surface area contributed by atoms with Crippen molar-refractivity contribution in [2.45, 2.75) is 0 Å². The topological polar surface area (TPSA) is 241 Å². The summed E-state index contributed by atoms with van der Waals surface area (Å²) in [4.78, 5) is 40.9. The van der Waals surface area contributed by atoms with Gasteiger partial charge in [0.2, 0.25) is 0 Å². The zero-order chi connectivity index (χ0) is 30.2. The van der Waals surface area contributed by atoms with Crippen LogP contribution in [0.3, 0.4) is 0 Å². The fraction of sp³-hybridized carbons (Fsp3) is 0. The average molecular weight is 640 g/mol. The number of para-hydroxylation sites is 4. The minimum absolute atomic E-state index is 0. The third-order valence-corrected chi connectivity index (χ3v) is 4.47. The molecule has 0 aromatic heterocycles. The zero-order valence-corrected chi connectivity index (χ0v) is 23.3. The molecule has 0 saturated heterocycles. The Morgan fingerprint density at radius 1 is 0.366 bits per heavy atom. The second kappa shape index (κ2) is 18.2. The van der Waals surface area contributed by atoms with Crippen LogP contribution in [0.1, 0.15) is 41.4 Å². The van der Waals surface area contributed by atoms with Gasteiger partial charge in [0.05, 0.1) is 22.3 Å². The number of carbonyl (C=O) groups is 4. The Bertz CT molecular complexity index is 1250. The van der Waals surface area contributed by atoms with Gasteiger partial charge in [-0.3, -0.25) is 0 Å². The summed E-state index contributed by atoms with van der Waals surface area (Å²) in [6.45, 7) is 0. The van der Waals surface area contributed by atoms with E-state index >= 15 is 0 Å². The summed E-state index contributed by atoms with van der Waals surface area (Å²) in [5.41, 5.74) is -0.713. The molecule has 4 aromatic carbocycles. The summed E-state index contributed by atoms with van der Waals surface area (Å²) in [6, 6.07) is 22.1. The van der Waals surface area contributed by atoms with E-state index in [1.807, 2.05) is 0 Å². The van der Waals surface area contributed by atoms with Gasteiger partial charge in [0.25, 0.3) is 0 Å². The Labute approximate surface area is 251 Å². The Kier molecular flexibility index (Phi) is 15.9. The molecule has 0 amide bonds. The van der Waals surface area contributed by atoms with Gasteiger partial charge in [-0.05, 0) is 24.3 Å². The summed E-state index contributed by atoms with van der Waals surface area (Å²) in [7, 11) is 0. The fourth-order valence-corrected chi connectivity index (χ4v) is 2.57. The third kappa shape index (κ3) is 12.5. The molecule has 0 saturated carbocycles. The molecule has 0 aliphatic rings. The van der Waals surface area contributed by atoms with Crippen LogP contribution in [0.15, 0.2) is 97.1 Å². The smallest absolute Gasteiger partial charge is 0.872 e. The van der Waals surface area contributed by atoms with Gasteiger partial charge in [-0.1, -0.05) is 95.8 Å². The van der Waals surface area contributed by atoms with Gasteiger partial charge >= 0.3 is 50.1 Å². The Morgan fingerprint density at radius 2 is 0.512 bits per heavy atom. The third-order valence-electron chi connectivity index (χ3n) is 4.47. The van der Waals surface area contributed by atoms with Crippen LogP contribution in [0, 0.1) is 0 Å². The van der Waals surface area contributed by atoms with Gasteiger partial charge in [0.15, 0.2) is 0 Å². The zero-order valence-electron chi connectivity index (χ0n) is 20.8. The standard InChI is InChI=1S/4C7H6O3.Zr/c4*8-6-4-2-1-3-5(6)7(9)10;/h4*1-4,8H,(H,9,10);/q;;;;+4/p-4. The molecular formula is C28H20O12Zr. The molecule has 4 aromatic rings. The first-order valence-electron chi connectivity index (χ1n) is 10.8. The maximum absolute atomic E-state index is 10.7. The van der Waals surface area contributed by atoms with Crippen LogP contribution >= 0.6 is 0 Å². The largest absolute Gasteiger partial charge is 4.00 e. The SMILES string of the molecule is O=C(O)c1ccccc1[O-].O=C(O)c1ccccc1[O-].O=C(O)c1ccccc1[O-].O=C(O)c1ccccc1[O-].[Zr+4]. The Morgan fingerprint density at radius 3 is 0.610 bits per heavy atom. The van der Waals surface area contributed by atoms with E-state index in [1.165, 1.54) is 97.1 Å².